The summed E-state index contributed by atoms with van der Waals surface area (Å²) in [5.41, 5.74) is 5.56. The summed E-state index contributed by atoms with van der Waals surface area (Å²) in [6.07, 6.45) is 5.04. The SMILES string of the molecule is CC(C)([CH]C(=O)N1CCN(Cc2cccnc2)CC1)C(N)=O. The molecule has 1 radical (unpaired) electrons. The Morgan fingerprint density at radius 2 is 2.00 bits per heavy atom. The second-order valence-corrected chi connectivity index (χ2v) is 6.19. The highest BCUT2D eigenvalue weighted by atomic mass is 16.2. The highest BCUT2D eigenvalue weighted by Crippen LogP contribution is 2.20. The van der Waals surface area contributed by atoms with E-state index in [1.807, 2.05) is 18.3 Å². The average molecular weight is 303 g/mol. The summed E-state index contributed by atoms with van der Waals surface area (Å²) in [6.45, 7) is 7.09. The molecular formula is C16H23N4O2. The Balaban J connectivity index is 1.82. The van der Waals surface area contributed by atoms with E-state index in [4.69, 9.17) is 5.73 Å². The lowest BCUT2D eigenvalue weighted by Crippen LogP contribution is -2.50. The van der Waals surface area contributed by atoms with Gasteiger partial charge in [-0.15, -0.1) is 0 Å². The molecule has 1 aliphatic heterocycles. The molecule has 1 aromatic rings. The van der Waals surface area contributed by atoms with Crippen LogP contribution in [0, 0.1) is 11.8 Å². The van der Waals surface area contributed by atoms with E-state index in [1.54, 1.807) is 24.9 Å². The van der Waals surface area contributed by atoms with Gasteiger partial charge in [0.25, 0.3) is 0 Å². The third-order valence-corrected chi connectivity index (χ3v) is 3.93. The van der Waals surface area contributed by atoms with Gasteiger partial charge in [-0.1, -0.05) is 19.9 Å². The van der Waals surface area contributed by atoms with Crippen LogP contribution in [0.15, 0.2) is 24.5 Å². The number of hydrogen-bond acceptors (Lipinski definition) is 4. The van der Waals surface area contributed by atoms with Crippen molar-refractivity contribution in [3.63, 3.8) is 0 Å². The number of rotatable bonds is 5. The molecule has 1 aromatic heterocycles. The van der Waals surface area contributed by atoms with Gasteiger partial charge in [0.15, 0.2) is 0 Å². The second-order valence-electron chi connectivity index (χ2n) is 6.19. The highest BCUT2D eigenvalue weighted by molar-refractivity contribution is 5.94. The Bertz CT molecular complexity index is 522. The van der Waals surface area contributed by atoms with Crippen LogP contribution in [0.1, 0.15) is 19.4 Å². The maximum Gasteiger partial charge on any atom is 0.227 e. The standard InChI is InChI=1S/C16H23N4O2/c1-16(2,15(17)22)10-14(21)20-8-6-19(7-9-20)12-13-4-3-5-18-11-13/h3-5,10-11H,6-9,12H2,1-2H3,(H2,17,22). The van der Waals surface area contributed by atoms with Crippen LogP contribution in [0.25, 0.3) is 0 Å². The Morgan fingerprint density at radius 1 is 1.32 bits per heavy atom. The Morgan fingerprint density at radius 3 is 2.55 bits per heavy atom. The van der Waals surface area contributed by atoms with Gasteiger partial charge < -0.3 is 10.6 Å². The van der Waals surface area contributed by atoms with Crippen LogP contribution in [0.3, 0.4) is 0 Å². The molecule has 0 unspecified atom stereocenters. The lowest BCUT2D eigenvalue weighted by molar-refractivity contribution is -0.134. The zero-order valence-electron chi connectivity index (χ0n) is 13.2. The van der Waals surface area contributed by atoms with Crippen LogP contribution in [-0.2, 0) is 16.1 Å². The maximum atomic E-state index is 12.2. The van der Waals surface area contributed by atoms with Crippen molar-refractivity contribution in [2.24, 2.45) is 11.1 Å². The molecule has 0 saturated carbocycles. The molecule has 2 heterocycles. The Labute approximate surface area is 131 Å². The van der Waals surface area contributed by atoms with Gasteiger partial charge in [0.2, 0.25) is 11.8 Å². The van der Waals surface area contributed by atoms with Gasteiger partial charge in [-0.25, -0.2) is 0 Å². The molecule has 0 atom stereocenters. The van der Waals surface area contributed by atoms with E-state index in [2.05, 4.69) is 9.88 Å². The third kappa shape index (κ3) is 4.27. The number of nitrogens with two attached hydrogens (primary N) is 1. The number of piperazine rings is 1. The molecule has 22 heavy (non-hydrogen) atoms. The van der Waals surface area contributed by atoms with Gasteiger partial charge in [0.05, 0.1) is 11.8 Å². The van der Waals surface area contributed by atoms with Crippen molar-refractivity contribution in [1.29, 1.82) is 0 Å². The Hall–Kier alpha value is -1.95. The molecule has 2 amide bonds. The van der Waals surface area contributed by atoms with E-state index in [0.717, 1.165) is 19.6 Å². The number of hydrogen-bond donors (Lipinski definition) is 1. The molecule has 2 N–H and O–H groups in total. The van der Waals surface area contributed by atoms with Gasteiger partial charge in [-0.05, 0) is 11.6 Å². The van der Waals surface area contributed by atoms with E-state index < -0.39 is 11.3 Å². The topological polar surface area (TPSA) is 79.5 Å². The summed E-state index contributed by atoms with van der Waals surface area (Å²) in [5, 5.41) is 0. The maximum absolute atomic E-state index is 12.2. The first kappa shape index (κ1) is 16.4. The second kappa shape index (κ2) is 6.87. The summed E-state index contributed by atoms with van der Waals surface area (Å²) >= 11 is 0. The molecule has 1 saturated heterocycles. The lowest BCUT2D eigenvalue weighted by Gasteiger charge is -2.35. The molecule has 0 spiro atoms. The van der Waals surface area contributed by atoms with Gasteiger partial charge in [0, 0.05) is 45.1 Å². The van der Waals surface area contributed by atoms with Crippen LogP contribution < -0.4 is 5.73 Å². The van der Waals surface area contributed by atoms with Crippen molar-refractivity contribution >= 4 is 11.8 Å². The predicted octanol–water partition coefficient (Wildman–Crippen LogP) is 0.442. The van der Waals surface area contributed by atoms with Gasteiger partial charge >= 0.3 is 0 Å². The van der Waals surface area contributed by atoms with Crippen molar-refractivity contribution in [1.82, 2.24) is 14.8 Å². The fraction of sp³-hybridized carbons (Fsp3) is 0.500. The molecule has 2 rings (SSSR count). The number of carbonyl (C=O) groups is 2. The van der Waals surface area contributed by atoms with Crippen molar-refractivity contribution in [3.8, 4) is 0 Å². The Kier molecular flexibility index (Phi) is 5.13. The molecule has 0 bridgehead atoms. The number of amides is 2. The minimum absolute atomic E-state index is 0.121. The summed E-state index contributed by atoms with van der Waals surface area (Å²) in [4.78, 5) is 31.7. The third-order valence-electron chi connectivity index (χ3n) is 3.93. The van der Waals surface area contributed by atoms with Gasteiger partial charge in [0.1, 0.15) is 0 Å². The van der Waals surface area contributed by atoms with Crippen molar-refractivity contribution < 1.29 is 9.59 Å². The zero-order chi connectivity index (χ0) is 16.2. The summed E-state index contributed by atoms with van der Waals surface area (Å²) < 4.78 is 0. The number of nitrogens with zero attached hydrogens (tertiary/aromatic N) is 3. The molecule has 1 aliphatic rings. The average Bonchev–Trinajstić information content (AvgIpc) is 2.48. The fourth-order valence-corrected chi connectivity index (χ4v) is 2.35. The molecule has 0 aliphatic carbocycles. The fourth-order valence-electron chi connectivity index (χ4n) is 2.35. The van der Waals surface area contributed by atoms with Gasteiger partial charge in [-0.3, -0.25) is 19.5 Å². The monoisotopic (exact) mass is 303 g/mol. The minimum Gasteiger partial charge on any atom is -0.369 e. The van der Waals surface area contributed by atoms with E-state index in [0.29, 0.717) is 13.1 Å². The summed E-state index contributed by atoms with van der Waals surface area (Å²) in [5.74, 6) is -0.610. The van der Waals surface area contributed by atoms with Crippen LogP contribution in [0.4, 0.5) is 0 Å². The van der Waals surface area contributed by atoms with E-state index in [9.17, 15) is 9.59 Å². The highest BCUT2D eigenvalue weighted by Gasteiger charge is 2.32. The molecule has 119 valence electrons. The predicted molar refractivity (Wildman–Crippen MR) is 83.4 cm³/mol. The van der Waals surface area contributed by atoms with E-state index in [1.165, 1.54) is 12.0 Å². The van der Waals surface area contributed by atoms with Crippen molar-refractivity contribution in [2.45, 2.75) is 20.4 Å². The first-order valence-electron chi connectivity index (χ1n) is 7.44. The van der Waals surface area contributed by atoms with Crippen LogP contribution >= 0.6 is 0 Å². The van der Waals surface area contributed by atoms with Gasteiger partial charge in [-0.2, -0.15) is 0 Å². The van der Waals surface area contributed by atoms with Crippen LogP contribution in [0.5, 0.6) is 0 Å². The summed E-state index contributed by atoms with van der Waals surface area (Å²) in [6, 6.07) is 3.98. The van der Waals surface area contributed by atoms with E-state index >= 15 is 0 Å². The molecule has 0 aromatic carbocycles. The lowest BCUT2D eigenvalue weighted by atomic mass is 9.88. The first-order chi connectivity index (χ1) is 10.4. The minimum atomic E-state index is -0.913. The van der Waals surface area contributed by atoms with Crippen LogP contribution in [-0.4, -0.2) is 52.8 Å². The first-order valence-corrected chi connectivity index (χ1v) is 7.44. The molecular weight excluding hydrogens is 280 g/mol. The quantitative estimate of drug-likeness (QED) is 0.856. The van der Waals surface area contributed by atoms with Crippen molar-refractivity contribution in [3.05, 3.63) is 36.5 Å². The number of primary amides is 1. The molecule has 6 heteroatoms. The largest absolute Gasteiger partial charge is 0.369 e. The van der Waals surface area contributed by atoms with E-state index in [-0.39, 0.29) is 5.91 Å². The zero-order valence-corrected chi connectivity index (χ0v) is 13.2. The smallest absolute Gasteiger partial charge is 0.227 e. The normalized spacial score (nSPS) is 16.5. The number of pyridine rings is 1. The number of aromatic nitrogens is 1. The molecule has 1 fully saturated rings. The number of carbonyl (C=O) groups excluding carboxylic acids is 2. The van der Waals surface area contributed by atoms with Crippen LogP contribution in [0.2, 0.25) is 0 Å². The summed E-state index contributed by atoms with van der Waals surface area (Å²) in [7, 11) is 0. The molecule has 6 nitrogen and oxygen atoms in total. The van der Waals surface area contributed by atoms with Crippen molar-refractivity contribution in [2.75, 3.05) is 26.2 Å².